The van der Waals surface area contributed by atoms with Gasteiger partial charge in [-0.05, 0) is 50.8 Å². The van der Waals surface area contributed by atoms with Gasteiger partial charge in [0.05, 0.1) is 6.10 Å². The molecule has 20 heavy (non-hydrogen) atoms. The molecule has 1 fully saturated rings. The monoisotopic (exact) mass is 297 g/mol. The van der Waals surface area contributed by atoms with Crippen molar-refractivity contribution in [1.82, 2.24) is 5.32 Å². The van der Waals surface area contributed by atoms with Crippen molar-refractivity contribution >= 4 is 17.6 Å². The van der Waals surface area contributed by atoms with Gasteiger partial charge in [-0.25, -0.2) is 0 Å². The standard InChI is InChI=1S/C15H20ClNO3/c1-10(15(18)19)17-9-11-8-12(16)6-7-14(11)20-13-4-2-3-5-13/h6-8,10,13,17H,2-5,9H2,1H3,(H,18,19). The van der Waals surface area contributed by atoms with E-state index in [2.05, 4.69) is 5.32 Å². The normalized spacial score (nSPS) is 17.1. The van der Waals surface area contributed by atoms with E-state index >= 15 is 0 Å². The van der Waals surface area contributed by atoms with Gasteiger partial charge in [-0.15, -0.1) is 0 Å². The zero-order valence-corrected chi connectivity index (χ0v) is 12.3. The number of carboxylic acids is 1. The van der Waals surface area contributed by atoms with Crippen molar-refractivity contribution in [3.63, 3.8) is 0 Å². The Labute approximate surface area is 124 Å². The second kappa shape index (κ2) is 6.95. The summed E-state index contributed by atoms with van der Waals surface area (Å²) in [4.78, 5) is 10.8. The number of nitrogens with one attached hydrogen (secondary N) is 1. The van der Waals surface area contributed by atoms with Crippen LogP contribution in [0, 0.1) is 0 Å². The summed E-state index contributed by atoms with van der Waals surface area (Å²) in [5, 5.41) is 12.5. The van der Waals surface area contributed by atoms with E-state index in [1.807, 2.05) is 12.1 Å². The van der Waals surface area contributed by atoms with E-state index in [9.17, 15) is 4.79 Å². The van der Waals surface area contributed by atoms with Crippen LogP contribution in [0.15, 0.2) is 18.2 Å². The van der Waals surface area contributed by atoms with Crippen LogP contribution in [0.1, 0.15) is 38.2 Å². The second-order valence-corrected chi connectivity index (χ2v) is 5.65. The molecule has 0 amide bonds. The molecule has 2 N–H and O–H groups in total. The summed E-state index contributed by atoms with van der Waals surface area (Å²) in [7, 11) is 0. The lowest BCUT2D eigenvalue weighted by molar-refractivity contribution is -0.139. The number of aliphatic carboxylic acids is 1. The van der Waals surface area contributed by atoms with Crippen molar-refractivity contribution in [2.24, 2.45) is 0 Å². The van der Waals surface area contributed by atoms with Gasteiger partial charge in [0.25, 0.3) is 0 Å². The number of rotatable bonds is 6. The fourth-order valence-electron chi connectivity index (χ4n) is 2.34. The van der Waals surface area contributed by atoms with Crippen LogP contribution in [0.5, 0.6) is 5.75 Å². The molecule has 4 nitrogen and oxygen atoms in total. The van der Waals surface area contributed by atoms with E-state index in [4.69, 9.17) is 21.4 Å². The van der Waals surface area contributed by atoms with Crippen LogP contribution in [-0.2, 0) is 11.3 Å². The fraction of sp³-hybridized carbons (Fsp3) is 0.533. The number of hydrogen-bond donors (Lipinski definition) is 2. The number of benzene rings is 1. The van der Waals surface area contributed by atoms with Crippen LogP contribution in [0.2, 0.25) is 5.02 Å². The Kier molecular flexibility index (Phi) is 5.26. The first-order valence-corrected chi connectivity index (χ1v) is 7.35. The molecule has 1 aliphatic rings. The van der Waals surface area contributed by atoms with Gasteiger partial charge >= 0.3 is 5.97 Å². The number of ether oxygens (including phenoxy) is 1. The molecule has 1 aromatic rings. The molecule has 1 aliphatic carbocycles. The molecule has 1 unspecified atom stereocenters. The molecule has 1 saturated carbocycles. The lowest BCUT2D eigenvalue weighted by Gasteiger charge is -2.18. The zero-order valence-electron chi connectivity index (χ0n) is 11.6. The average molecular weight is 298 g/mol. The van der Waals surface area contributed by atoms with Gasteiger partial charge in [-0.1, -0.05) is 11.6 Å². The highest BCUT2D eigenvalue weighted by molar-refractivity contribution is 6.30. The molecule has 0 heterocycles. The molecule has 110 valence electrons. The predicted molar refractivity (Wildman–Crippen MR) is 78.3 cm³/mol. The summed E-state index contributed by atoms with van der Waals surface area (Å²) in [6, 6.07) is 4.89. The van der Waals surface area contributed by atoms with Crippen LogP contribution in [-0.4, -0.2) is 23.2 Å². The number of halogens is 1. The molecule has 1 atom stereocenters. The fourth-order valence-corrected chi connectivity index (χ4v) is 2.53. The highest BCUT2D eigenvalue weighted by Crippen LogP contribution is 2.28. The van der Waals surface area contributed by atoms with Crippen molar-refractivity contribution < 1.29 is 14.6 Å². The minimum atomic E-state index is -0.870. The minimum Gasteiger partial charge on any atom is -0.490 e. The average Bonchev–Trinajstić information content (AvgIpc) is 2.91. The summed E-state index contributed by atoms with van der Waals surface area (Å²) in [5.41, 5.74) is 0.900. The lowest BCUT2D eigenvalue weighted by Crippen LogP contribution is -2.33. The van der Waals surface area contributed by atoms with Gasteiger partial charge in [0, 0.05) is 17.1 Å². The molecule has 0 saturated heterocycles. The Morgan fingerprint density at radius 1 is 1.50 bits per heavy atom. The van der Waals surface area contributed by atoms with E-state index in [0.29, 0.717) is 11.6 Å². The maximum atomic E-state index is 10.8. The molecule has 0 aromatic heterocycles. The Bertz CT molecular complexity index is 472. The number of carboxylic acid groups (broad SMARTS) is 1. The van der Waals surface area contributed by atoms with Gasteiger partial charge in [-0.3, -0.25) is 4.79 Å². The zero-order chi connectivity index (χ0) is 14.5. The van der Waals surface area contributed by atoms with Crippen molar-refractivity contribution in [3.8, 4) is 5.75 Å². The van der Waals surface area contributed by atoms with E-state index in [1.54, 1.807) is 13.0 Å². The summed E-state index contributed by atoms with van der Waals surface area (Å²) in [5.74, 6) is -0.0725. The summed E-state index contributed by atoms with van der Waals surface area (Å²) < 4.78 is 6.01. The van der Waals surface area contributed by atoms with Crippen LogP contribution < -0.4 is 10.1 Å². The molecule has 0 spiro atoms. The maximum Gasteiger partial charge on any atom is 0.320 e. The van der Waals surface area contributed by atoms with E-state index < -0.39 is 12.0 Å². The van der Waals surface area contributed by atoms with Crippen LogP contribution in [0.25, 0.3) is 0 Å². The molecule has 0 radical (unpaired) electrons. The number of hydrogen-bond acceptors (Lipinski definition) is 3. The molecule has 0 aliphatic heterocycles. The third kappa shape index (κ3) is 4.12. The van der Waals surface area contributed by atoms with Gasteiger partial charge in [0.1, 0.15) is 11.8 Å². The summed E-state index contributed by atoms with van der Waals surface area (Å²) >= 11 is 6.01. The lowest BCUT2D eigenvalue weighted by atomic mass is 10.1. The van der Waals surface area contributed by atoms with E-state index in [-0.39, 0.29) is 6.10 Å². The topological polar surface area (TPSA) is 58.6 Å². The van der Waals surface area contributed by atoms with Crippen molar-refractivity contribution in [1.29, 1.82) is 0 Å². The second-order valence-electron chi connectivity index (χ2n) is 5.22. The maximum absolute atomic E-state index is 10.8. The molecule has 1 aromatic carbocycles. The highest BCUT2D eigenvalue weighted by Gasteiger charge is 2.18. The van der Waals surface area contributed by atoms with Gasteiger partial charge in [0.15, 0.2) is 0 Å². The molecular weight excluding hydrogens is 278 g/mol. The first kappa shape index (κ1) is 15.1. The van der Waals surface area contributed by atoms with Crippen LogP contribution in [0.3, 0.4) is 0 Å². The van der Waals surface area contributed by atoms with Crippen LogP contribution in [0.4, 0.5) is 0 Å². The van der Waals surface area contributed by atoms with Gasteiger partial charge in [0.2, 0.25) is 0 Å². The highest BCUT2D eigenvalue weighted by atomic mass is 35.5. The molecule has 5 heteroatoms. The SMILES string of the molecule is CC(NCc1cc(Cl)ccc1OC1CCCC1)C(=O)O. The Balaban J connectivity index is 2.04. The first-order chi connectivity index (χ1) is 9.56. The van der Waals surface area contributed by atoms with E-state index in [1.165, 1.54) is 12.8 Å². The van der Waals surface area contributed by atoms with Gasteiger partial charge in [-0.2, -0.15) is 0 Å². The Morgan fingerprint density at radius 3 is 2.85 bits per heavy atom. The summed E-state index contributed by atoms with van der Waals surface area (Å²) in [6.07, 6.45) is 4.86. The third-order valence-corrected chi connectivity index (χ3v) is 3.82. The minimum absolute atomic E-state index is 0.270. The smallest absolute Gasteiger partial charge is 0.320 e. The third-order valence-electron chi connectivity index (χ3n) is 3.59. The number of carbonyl (C=O) groups is 1. The Hall–Kier alpha value is -1.26. The van der Waals surface area contributed by atoms with E-state index in [0.717, 1.165) is 24.2 Å². The molecule has 2 rings (SSSR count). The van der Waals surface area contributed by atoms with Crippen molar-refractivity contribution in [2.75, 3.05) is 0 Å². The first-order valence-electron chi connectivity index (χ1n) is 6.97. The molecular formula is C15H20ClNO3. The quantitative estimate of drug-likeness (QED) is 0.846. The largest absolute Gasteiger partial charge is 0.490 e. The summed E-state index contributed by atoms with van der Waals surface area (Å²) in [6.45, 7) is 2.04. The van der Waals surface area contributed by atoms with Crippen molar-refractivity contribution in [3.05, 3.63) is 28.8 Å². The predicted octanol–water partition coefficient (Wildman–Crippen LogP) is 3.22. The van der Waals surface area contributed by atoms with Crippen molar-refractivity contribution in [2.45, 2.75) is 51.3 Å². The van der Waals surface area contributed by atoms with Gasteiger partial charge < -0.3 is 15.2 Å². The Morgan fingerprint density at radius 2 is 2.20 bits per heavy atom. The molecule has 0 bridgehead atoms. The van der Waals surface area contributed by atoms with Crippen LogP contribution >= 0.6 is 11.6 Å².